The monoisotopic (exact) mass is 253 g/mol. The number of hydrogen-bond donors (Lipinski definition) is 1. The molecule has 18 heavy (non-hydrogen) atoms. The molecular weight excluding hydrogens is 233 g/mol. The van der Waals surface area contributed by atoms with Crippen LogP contribution in [0.25, 0.3) is 0 Å². The number of aliphatic hydroxyl groups is 1. The van der Waals surface area contributed by atoms with E-state index in [-0.39, 0.29) is 11.9 Å². The first-order valence-corrected chi connectivity index (χ1v) is 6.37. The van der Waals surface area contributed by atoms with Crippen LogP contribution in [0, 0.1) is 5.82 Å². The van der Waals surface area contributed by atoms with Gasteiger partial charge < -0.3 is 14.7 Å². The Morgan fingerprint density at radius 2 is 2.28 bits per heavy atom. The molecule has 1 saturated heterocycles. The molecular formula is C14H20FNO2. The van der Waals surface area contributed by atoms with Crippen molar-refractivity contribution >= 4 is 5.69 Å². The molecule has 1 heterocycles. The van der Waals surface area contributed by atoms with Crippen molar-refractivity contribution in [3.05, 3.63) is 29.6 Å². The molecule has 1 fully saturated rings. The molecule has 0 amide bonds. The third-order valence-corrected chi connectivity index (χ3v) is 3.51. The zero-order chi connectivity index (χ0) is 13.1. The van der Waals surface area contributed by atoms with Gasteiger partial charge in [0, 0.05) is 20.2 Å². The Morgan fingerprint density at radius 3 is 2.89 bits per heavy atom. The van der Waals surface area contributed by atoms with Crippen molar-refractivity contribution in [2.75, 3.05) is 25.1 Å². The lowest BCUT2D eigenvalue weighted by Gasteiger charge is -2.34. The second-order valence-electron chi connectivity index (χ2n) is 4.83. The quantitative estimate of drug-likeness (QED) is 0.898. The summed E-state index contributed by atoms with van der Waals surface area (Å²) >= 11 is 0. The lowest BCUT2D eigenvalue weighted by Crippen LogP contribution is -2.39. The van der Waals surface area contributed by atoms with E-state index in [1.807, 2.05) is 4.90 Å². The van der Waals surface area contributed by atoms with E-state index in [2.05, 4.69) is 0 Å². The van der Waals surface area contributed by atoms with Gasteiger partial charge >= 0.3 is 0 Å². The Kier molecular flexibility index (Phi) is 4.19. The maximum atomic E-state index is 14.0. The van der Waals surface area contributed by atoms with Crippen LogP contribution in [0.3, 0.4) is 0 Å². The average Bonchev–Trinajstić information content (AvgIpc) is 2.38. The summed E-state index contributed by atoms with van der Waals surface area (Å²) in [7, 11) is 1.70. The SMILES string of the molecule is COC1CCCN(c2ccc(C(C)O)cc2F)C1. The van der Waals surface area contributed by atoms with E-state index in [0.717, 1.165) is 25.9 Å². The normalized spacial score (nSPS) is 22.0. The summed E-state index contributed by atoms with van der Waals surface area (Å²) in [5.41, 5.74) is 1.21. The number of aliphatic hydroxyl groups excluding tert-OH is 1. The van der Waals surface area contributed by atoms with Gasteiger partial charge in [-0.3, -0.25) is 0 Å². The van der Waals surface area contributed by atoms with Gasteiger partial charge in [-0.1, -0.05) is 6.07 Å². The zero-order valence-corrected chi connectivity index (χ0v) is 10.9. The Morgan fingerprint density at radius 1 is 1.50 bits per heavy atom. The predicted molar refractivity (Wildman–Crippen MR) is 69.3 cm³/mol. The zero-order valence-electron chi connectivity index (χ0n) is 10.9. The van der Waals surface area contributed by atoms with Gasteiger partial charge in [-0.05, 0) is 37.5 Å². The molecule has 0 bridgehead atoms. The summed E-state index contributed by atoms with van der Waals surface area (Å²) in [4.78, 5) is 2.01. The first kappa shape index (κ1) is 13.3. The van der Waals surface area contributed by atoms with Gasteiger partial charge in [-0.15, -0.1) is 0 Å². The third-order valence-electron chi connectivity index (χ3n) is 3.51. The Labute approximate surface area is 107 Å². The van der Waals surface area contributed by atoms with Crippen LogP contribution in [0.1, 0.15) is 31.4 Å². The Bertz CT molecular complexity index is 409. The van der Waals surface area contributed by atoms with Crippen molar-refractivity contribution in [3.63, 3.8) is 0 Å². The maximum Gasteiger partial charge on any atom is 0.146 e. The highest BCUT2D eigenvalue weighted by Gasteiger charge is 2.22. The van der Waals surface area contributed by atoms with E-state index >= 15 is 0 Å². The van der Waals surface area contributed by atoms with Crippen LogP contribution in [0.2, 0.25) is 0 Å². The smallest absolute Gasteiger partial charge is 0.146 e. The number of hydrogen-bond acceptors (Lipinski definition) is 3. The van der Waals surface area contributed by atoms with Crippen molar-refractivity contribution in [1.29, 1.82) is 0 Å². The minimum Gasteiger partial charge on any atom is -0.389 e. The molecule has 3 nitrogen and oxygen atoms in total. The highest BCUT2D eigenvalue weighted by molar-refractivity contribution is 5.50. The van der Waals surface area contributed by atoms with Gasteiger partial charge in [0.2, 0.25) is 0 Å². The van der Waals surface area contributed by atoms with Crippen LogP contribution in [0.15, 0.2) is 18.2 Å². The fourth-order valence-corrected chi connectivity index (χ4v) is 2.39. The number of benzene rings is 1. The average molecular weight is 253 g/mol. The summed E-state index contributed by atoms with van der Waals surface area (Å²) < 4.78 is 19.4. The van der Waals surface area contributed by atoms with Gasteiger partial charge in [-0.25, -0.2) is 4.39 Å². The summed E-state index contributed by atoms with van der Waals surface area (Å²) in [5, 5.41) is 9.43. The molecule has 0 aromatic heterocycles. The standard InChI is InChI=1S/C14H20FNO2/c1-10(17)11-5-6-14(13(15)8-11)16-7-3-4-12(9-16)18-2/h5-6,8,10,12,17H,3-4,7,9H2,1-2H3. The molecule has 2 unspecified atom stereocenters. The molecule has 2 rings (SSSR count). The summed E-state index contributed by atoms with van der Waals surface area (Å²) in [6.07, 6.45) is 1.58. The first-order valence-electron chi connectivity index (χ1n) is 6.37. The number of halogens is 1. The Balaban J connectivity index is 2.17. The van der Waals surface area contributed by atoms with Gasteiger partial charge in [0.25, 0.3) is 0 Å². The van der Waals surface area contributed by atoms with Crippen LogP contribution in [0.5, 0.6) is 0 Å². The fraction of sp³-hybridized carbons (Fsp3) is 0.571. The first-order chi connectivity index (χ1) is 8.61. The van der Waals surface area contributed by atoms with Crippen LogP contribution >= 0.6 is 0 Å². The highest BCUT2D eigenvalue weighted by Crippen LogP contribution is 2.26. The molecule has 1 N–H and O–H groups in total. The predicted octanol–water partition coefficient (Wildman–Crippen LogP) is 2.49. The van der Waals surface area contributed by atoms with Gasteiger partial charge in [-0.2, -0.15) is 0 Å². The number of ether oxygens (including phenoxy) is 1. The summed E-state index contributed by atoms with van der Waals surface area (Å²) in [5.74, 6) is -0.273. The van der Waals surface area contributed by atoms with Crippen LogP contribution in [0.4, 0.5) is 10.1 Å². The minimum atomic E-state index is -0.637. The van der Waals surface area contributed by atoms with Crippen molar-refractivity contribution in [1.82, 2.24) is 0 Å². The molecule has 0 saturated carbocycles. The largest absolute Gasteiger partial charge is 0.389 e. The molecule has 100 valence electrons. The number of nitrogens with zero attached hydrogens (tertiary/aromatic N) is 1. The van der Waals surface area contributed by atoms with Gasteiger partial charge in [0.1, 0.15) is 5.82 Å². The number of anilines is 1. The lowest BCUT2D eigenvalue weighted by molar-refractivity contribution is 0.0891. The Hall–Kier alpha value is -1.13. The number of piperidine rings is 1. The number of rotatable bonds is 3. The molecule has 0 radical (unpaired) electrons. The summed E-state index contributed by atoms with van der Waals surface area (Å²) in [6.45, 7) is 3.21. The van der Waals surface area contributed by atoms with Crippen LogP contribution in [-0.2, 0) is 4.74 Å². The van der Waals surface area contributed by atoms with Gasteiger partial charge in [0.15, 0.2) is 0 Å². The molecule has 2 atom stereocenters. The fourth-order valence-electron chi connectivity index (χ4n) is 2.39. The van der Waals surface area contributed by atoms with Crippen molar-refractivity contribution in [3.8, 4) is 0 Å². The number of methoxy groups -OCH3 is 1. The topological polar surface area (TPSA) is 32.7 Å². The third kappa shape index (κ3) is 2.82. The van der Waals surface area contributed by atoms with E-state index in [9.17, 15) is 9.50 Å². The van der Waals surface area contributed by atoms with E-state index in [4.69, 9.17) is 4.74 Å². The van der Waals surface area contributed by atoms with Crippen molar-refractivity contribution in [2.45, 2.75) is 32.0 Å². The molecule has 0 spiro atoms. The highest BCUT2D eigenvalue weighted by atomic mass is 19.1. The van der Waals surface area contributed by atoms with Crippen LogP contribution < -0.4 is 4.90 Å². The molecule has 1 aliphatic heterocycles. The van der Waals surface area contributed by atoms with Gasteiger partial charge in [0.05, 0.1) is 17.9 Å². The summed E-state index contributed by atoms with van der Waals surface area (Å²) in [6, 6.07) is 4.94. The van der Waals surface area contributed by atoms with E-state index in [0.29, 0.717) is 11.3 Å². The second kappa shape index (κ2) is 5.67. The minimum absolute atomic E-state index is 0.176. The van der Waals surface area contributed by atoms with E-state index < -0.39 is 6.10 Å². The molecule has 0 aliphatic carbocycles. The molecule has 1 aromatic rings. The maximum absolute atomic E-state index is 14.0. The second-order valence-corrected chi connectivity index (χ2v) is 4.83. The van der Waals surface area contributed by atoms with Crippen molar-refractivity contribution in [2.24, 2.45) is 0 Å². The van der Waals surface area contributed by atoms with Crippen molar-refractivity contribution < 1.29 is 14.2 Å². The van der Waals surface area contributed by atoms with Crippen LogP contribution in [-0.4, -0.2) is 31.4 Å². The molecule has 1 aromatic carbocycles. The van der Waals surface area contributed by atoms with E-state index in [1.165, 1.54) is 6.07 Å². The van der Waals surface area contributed by atoms with E-state index in [1.54, 1.807) is 26.2 Å². The lowest BCUT2D eigenvalue weighted by atomic mass is 10.1. The molecule has 1 aliphatic rings. The molecule has 4 heteroatoms.